The van der Waals surface area contributed by atoms with Gasteiger partial charge >= 0.3 is 7.20 Å². The van der Waals surface area contributed by atoms with E-state index in [9.17, 15) is 4.79 Å². The lowest BCUT2D eigenvalue weighted by Gasteiger charge is -2.18. The summed E-state index contributed by atoms with van der Waals surface area (Å²) in [5.74, 6) is 0.132. The van der Waals surface area contributed by atoms with Gasteiger partial charge in [0.2, 0.25) is 0 Å². The van der Waals surface area contributed by atoms with Gasteiger partial charge in [0.25, 0.3) is 0 Å². The van der Waals surface area contributed by atoms with Gasteiger partial charge in [-0.3, -0.25) is 4.79 Å². The molecule has 2 atom stereocenters. The van der Waals surface area contributed by atoms with Gasteiger partial charge in [0, 0.05) is 25.5 Å². The van der Waals surface area contributed by atoms with Gasteiger partial charge in [-0.2, -0.15) is 12.2 Å². The van der Waals surface area contributed by atoms with E-state index in [0.29, 0.717) is 27.9 Å². The van der Waals surface area contributed by atoms with Crippen LogP contribution in [0.4, 0.5) is 0 Å². The molecule has 72 valence electrons. The zero-order valence-electron chi connectivity index (χ0n) is 7.23. The molecule has 0 saturated carbocycles. The first-order chi connectivity index (χ1) is 6.33. The zero-order chi connectivity index (χ0) is 9.52. The molecule has 0 aromatic rings. The van der Waals surface area contributed by atoms with Crippen LogP contribution in [0.5, 0.6) is 0 Å². The van der Waals surface area contributed by atoms with Gasteiger partial charge in [0.1, 0.15) is 6.10 Å². The number of ether oxygens (including phenoxy) is 1. The maximum atomic E-state index is 10.9. The highest BCUT2D eigenvalue weighted by atomic mass is 32.7. The number of thiol groups is 1. The Hall–Kier alpha value is 0.0149. The van der Waals surface area contributed by atoms with Crippen molar-refractivity contribution in [2.45, 2.75) is 18.9 Å². The molecule has 1 aliphatic rings. The van der Waals surface area contributed by atoms with Gasteiger partial charge in [0.05, 0.1) is 6.26 Å². The molecule has 3 nitrogen and oxygen atoms in total. The number of allylic oxidation sites excluding steroid dienone is 1. The van der Waals surface area contributed by atoms with E-state index in [1.54, 1.807) is 0 Å². The van der Waals surface area contributed by atoms with Crippen LogP contribution in [0, 0.1) is 0 Å². The van der Waals surface area contributed by atoms with Crippen molar-refractivity contribution in [3.05, 3.63) is 12.3 Å². The molecule has 0 aromatic carbocycles. The summed E-state index contributed by atoms with van der Waals surface area (Å²) in [6.45, 7) is 0.638. The largest absolute Gasteiger partial charge is 0.497 e. The molecule has 1 rings (SSSR count). The van der Waals surface area contributed by atoms with E-state index in [1.807, 2.05) is 0 Å². The van der Waals surface area contributed by atoms with Crippen LogP contribution in [-0.2, 0) is 14.2 Å². The highest BCUT2D eigenvalue weighted by Gasteiger charge is 2.15. The van der Waals surface area contributed by atoms with Gasteiger partial charge in [0.15, 0.2) is 5.78 Å². The van der Waals surface area contributed by atoms with Crippen molar-refractivity contribution in [1.29, 1.82) is 0 Å². The smallest absolute Gasteiger partial charge is 0.310 e. The average molecular weight is 218 g/mol. The maximum Gasteiger partial charge on any atom is 0.310 e. The van der Waals surface area contributed by atoms with Crippen molar-refractivity contribution in [2.24, 2.45) is 0 Å². The number of carbonyl (C=O) groups is 1. The van der Waals surface area contributed by atoms with Crippen molar-refractivity contribution < 1.29 is 14.2 Å². The normalized spacial score (nSPS) is 22.2. The topological polar surface area (TPSA) is 35.5 Å². The Bertz CT molecular complexity index is 200. The lowest BCUT2D eigenvalue weighted by Crippen LogP contribution is -2.20. The summed E-state index contributed by atoms with van der Waals surface area (Å²) >= 11 is 4.04. The summed E-state index contributed by atoms with van der Waals surface area (Å²) in [6.07, 6.45) is 4.18. The van der Waals surface area contributed by atoms with E-state index in [-0.39, 0.29) is 11.9 Å². The van der Waals surface area contributed by atoms with Gasteiger partial charge < -0.3 is 9.39 Å². The average Bonchev–Trinajstić information content (AvgIpc) is 2.13. The molecule has 13 heavy (non-hydrogen) atoms. The Kier molecular flexibility index (Phi) is 5.52. The SMILES string of the molecule is O=C1C=CO[C@@H](CCOBPS)C1. The third-order valence-corrected chi connectivity index (χ3v) is 2.43. The van der Waals surface area contributed by atoms with E-state index in [0.717, 1.165) is 6.42 Å². The number of ketones is 1. The molecule has 0 spiro atoms. The lowest BCUT2D eigenvalue weighted by atomic mass is 10.1. The van der Waals surface area contributed by atoms with Gasteiger partial charge in [-0.25, -0.2) is 0 Å². The standard InChI is InChI=1S/C7H12BO3PS/c9-6-1-3-10-7(5-6)2-4-11-8-12-13/h1,3,7-8,12-13H,2,4-5H2/t7-/m0/s1. The molecule has 1 aliphatic heterocycles. The second kappa shape index (κ2) is 6.47. The zero-order valence-corrected chi connectivity index (χ0v) is 9.13. The molecular weight excluding hydrogens is 206 g/mol. The number of rotatable bonds is 5. The Morgan fingerprint density at radius 3 is 3.38 bits per heavy atom. The van der Waals surface area contributed by atoms with Gasteiger partial charge in [-0.1, -0.05) is 7.66 Å². The fraction of sp³-hybridized carbons (Fsp3) is 0.571. The van der Waals surface area contributed by atoms with Crippen LogP contribution in [0.1, 0.15) is 12.8 Å². The van der Waals surface area contributed by atoms with Crippen molar-refractivity contribution in [2.75, 3.05) is 6.61 Å². The van der Waals surface area contributed by atoms with E-state index < -0.39 is 0 Å². The summed E-state index contributed by atoms with van der Waals surface area (Å²) in [5.41, 5.74) is 0. The Morgan fingerprint density at radius 1 is 1.85 bits per heavy atom. The van der Waals surface area contributed by atoms with Crippen molar-refractivity contribution >= 4 is 32.9 Å². The Balaban J connectivity index is 2.08. The molecule has 0 saturated heterocycles. The van der Waals surface area contributed by atoms with Crippen LogP contribution < -0.4 is 0 Å². The molecule has 1 heterocycles. The minimum atomic E-state index is 0.000695. The Morgan fingerprint density at radius 2 is 2.69 bits per heavy atom. The van der Waals surface area contributed by atoms with Crippen LogP contribution in [0.3, 0.4) is 0 Å². The van der Waals surface area contributed by atoms with Crippen molar-refractivity contribution in [3.63, 3.8) is 0 Å². The van der Waals surface area contributed by atoms with Crippen LogP contribution >= 0.6 is 19.9 Å². The molecule has 0 amide bonds. The summed E-state index contributed by atoms with van der Waals surface area (Å²) in [6, 6.07) is 0. The van der Waals surface area contributed by atoms with E-state index in [2.05, 4.69) is 12.2 Å². The first-order valence-electron chi connectivity index (χ1n) is 4.12. The molecule has 6 heteroatoms. The summed E-state index contributed by atoms with van der Waals surface area (Å²) in [7, 11) is 1.20. The lowest BCUT2D eigenvalue weighted by molar-refractivity contribution is -0.118. The van der Waals surface area contributed by atoms with E-state index in [1.165, 1.54) is 12.3 Å². The maximum absolute atomic E-state index is 10.9. The minimum Gasteiger partial charge on any atom is -0.497 e. The highest BCUT2D eigenvalue weighted by molar-refractivity contribution is 8.46. The molecule has 0 fully saturated rings. The third kappa shape index (κ3) is 4.70. The van der Waals surface area contributed by atoms with Crippen LogP contribution in [0.15, 0.2) is 12.3 Å². The second-order valence-electron chi connectivity index (χ2n) is 2.73. The van der Waals surface area contributed by atoms with Crippen LogP contribution in [-0.4, -0.2) is 25.7 Å². The number of carbonyl (C=O) groups excluding carboxylic acids is 1. The van der Waals surface area contributed by atoms with Crippen LogP contribution in [0.2, 0.25) is 0 Å². The summed E-state index contributed by atoms with van der Waals surface area (Å²) in [4.78, 5) is 10.9. The highest BCUT2D eigenvalue weighted by Crippen LogP contribution is 2.13. The minimum absolute atomic E-state index is 0.000695. The number of hydrogen-bond acceptors (Lipinski definition) is 4. The fourth-order valence-corrected chi connectivity index (χ4v) is 1.58. The Labute approximate surface area is 85.4 Å². The van der Waals surface area contributed by atoms with E-state index in [4.69, 9.17) is 9.39 Å². The second-order valence-corrected chi connectivity index (χ2v) is 4.28. The molecule has 0 radical (unpaired) electrons. The summed E-state index contributed by atoms with van der Waals surface area (Å²) < 4.78 is 10.5. The molecule has 0 aromatic heterocycles. The molecule has 0 N–H and O–H groups in total. The van der Waals surface area contributed by atoms with Crippen molar-refractivity contribution in [3.8, 4) is 0 Å². The quantitative estimate of drug-likeness (QED) is 0.324. The third-order valence-electron chi connectivity index (χ3n) is 1.70. The number of hydrogen-bond donors (Lipinski definition) is 1. The predicted molar refractivity (Wildman–Crippen MR) is 58.7 cm³/mol. The first kappa shape index (κ1) is 11.1. The van der Waals surface area contributed by atoms with Crippen LogP contribution in [0.25, 0.3) is 0 Å². The summed E-state index contributed by atoms with van der Waals surface area (Å²) in [5, 5.41) is 0. The molecule has 0 aliphatic carbocycles. The monoisotopic (exact) mass is 218 g/mol. The van der Waals surface area contributed by atoms with Gasteiger partial charge in [-0.15, -0.1) is 0 Å². The van der Waals surface area contributed by atoms with Crippen molar-refractivity contribution in [1.82, 2.24) is 0 Å². The van der Waals surface area contributed by atoms with Gasteiger partial charge in [-0.05, 0) is 0 Å². The fourth-order valence-electron chi connectivity index (χ4n) is 1.07. The molecular formula is C7H12BO3PS. The predicted octanol–water partition coefficient (Wildman–Crippen LogP) is 1.05. The first-order valence-corrected chi connectivity index (χ1v) is 6.62. The molecule has 0 bridgehead atoms. The van der Waals surface area contributed by atoms with E-state index >= 15 is 0 Å². The molecule has 1 unspecified atom stereocenters.